The van der Waals surface area contributed by atoms with Gasteiger partial charge in [0.2, 0.25) is 5.91 Å². The SMILES string of the molecule is C=C(C)COc1cccc(NC(=O)CNc2ccc(Cl)c(C(=O)NC3CCCCC3)c2)c1. The number of rotatable bonds is 9. The van der Waals surface area contributed by atoms with Crippen molar-refractivity contribution in [2.45, 2.75) is 45.1 Å². The second kappa shape index (κ2) is 11.6. The standard InChI is InChI=1S/C25H30ClN3O3/c1-17(2)16-32-21-10-6-9-20(13-21)28-24(30)15-27-19-11-12-23(26)22(14-19)25(31)29-18-7-4-3-5-8-18/h6,9-14,18,27H,1,3-5,7-8,15-16H2,2H3,(H,28,30)(H,29,31). The van der Waals surface area contributed by atoms with Gasteiger partial charge >= 0.3 is 0 Å². The lowest BCUT2D eigenvalue weighted by Gasteiger charge is -2.23. The lowest BCUT2D eigenvalue weighted by Crippen LogP contribution is -2.36. The third-order valence-corrected chi connectivity index (χ3v) is 5.54. The molecule has 0 saturated heterocycles. The number of carbonyl (C=O) groups excluding carboxylic acids is 2. The quantitative estimate of drug-likeness (QED) is 0.442. The third-order valence-electron chi connectivity index (χ3n) is 5.21. The fourth-order valence-electron chi connectivity index (χ4n) is 3.58. The third kappa shape index (κ3) is 7.31. The number of hydrogen-bond donors (Lipinski definition) is 3. The lowest BCUT2D eigenvalue weighted by molar-refractivity contribution is -0.114. The summed E-state index contributed by atoms with van der Waals surface area (Å²) in [5, 5.41) is 9.35. The van der Waals surface area contributed by atoms with Crippen molar-refractivity contribution in [3.63, 3.8) is 0 Å². The first-order valence-corrected chi connectivity index (χ1v) is 11.3. The molecule has 3 N–H and O–H groups in total. The van der Waals surface area contributed by atoms with E-state index in [9.17, 15) is 9.59 Å². The van der Waals surface area contributed by atoms with Crippen LogP contribution in [0.4, 0.5) is 11.4 Å². The van der Waals surface area contributed by atoms with Gasteiger partial charge in [0.05, 0.1) is 17.1 Å². The molecule has 3 rings (SSSR count). The molecule has 32 heavy (non-hydrogen) atoms. The summed E-state index contributed by atoms with van der Waals surface area (Å²) >= 11 is 6.25. The summed E-state index contributed by atoms with van der Waals surface area (Å²) in [6, 6.07) is 12.5. The molecule has 1 saturated carbocycles. The summed E-state index contributed by atoms with van der Waals surface area (Å²) in [6.45, 7) is 6.16. The molecular formula is C25H30ClN3O3. The minimum Gasteiger partial charge on any atom is -0.489 e. The molecule has 0 bridgehead atoms. The Morgan fingerprint density at radius 1 is 1.09 bits per heavy atom. The number of anilines is 2. The van der Waals surface area contributed by atoms with Gasteiger partial charge in [0.1, 0.15) is 12.4 Å². The van der Waals surface area contributed by atoms with E-state index in [0.29, 0.717) is 34.3 Å². The minimum absolute atomic E-state index is 0.0438. The zero-order valence-electron chi connectivity index (χ0n) is 18.4. The highest BCUT2D eigenvalue weighted by Crippen LogP contribution is 2.23. The molecule has 0 aliphatic heterocycles. The summed E-state index contributed by atoms with van der Waals surface area (Å²) in [7, 11) is 0. The van der Waals surface area contributed by atoms with E-state index in [2.05, 4.69) is 22.5 Å². The largest absolute Gasteiger partial charge is 0.489 e. The van der Waals surface area contributed by atoms with Gasteiger partial charge in [0.25, 0.3) is 5.91 Å². The molecule has 6 nitrogen and oxygen atoms in total. The summed E-state index contributed by atoms with van der Waals surface area (Å²) in [5.74, 6) is 0.261. The maximum Gasteiger partial charge on any atom is 0.253 e. The van der Waals surface area contributed by atoms with Gasteiger partial charge in [-0.25, -0.2) is 0 Å². The Labute approximate surface area is 194 Å². The molecule has 2 aromatic carbocycles. The Balaban J connectivity index is 1.54. The number of benzene rings is 2. The molecule has 0 radical (unpaired) electrons. The van der Waals surface area contributed by atoms with Crippen molar-refractivity contribution in [3.8, 4) is 5.75 Å². The number of ether oxygens (including phenoxy) is 1. The average molecular weight is 456 g/mol. The van der Waals surface area contributed by atoms with E-state index in [-0.39, 0.29) is 24.4 Å². The second-order valence-electron chi connectivity index (χ2n) is 8.18. The fraction of sp³-hybridized carbons (Fsp3) is 0.360. The first kappa shape index (κ1) is 23.7. The van der Waals surface area contributed by atoms with Gasteiger partial charge < -0.3 is 20.7 Å². The molecule has 0 unspecified atom stereocenters. The molecule has 0 spiro atoms. The molecule has 2 amide bonds. The zero-order valence-corrected chi connectivity index (χ0v) is 19.1. The number of hydrogen-bond acceptors (Lipinski definition) is 4. The van der Waals surface area contributed by atoms with Crippen LogP contribution in [0.3, 0.4) is 0 Å². The Hall–Kier alpha value is -2.99. The zero-order chi connectivity index (χ0) is 22.9. The molecule has 7 heteroatoms. The Morgan fingerprint density at radius 2 is 1.88 bits per heavy atom. The summed E-state index contributed by atoms with van der Waals surface area (Å²) in [6.07, 6.45) is 5.50. The van der Waals surface area contributed by atoms with Gasteiger partial charge in [0, 0.05) is 23.5 Å². The van der Waals surface area contributed by atoms with Crippen molar-refractivity contribution in [2.75, 3.05) is 23.8 Å². The molecule has 1 aliphatic carbocycles. The molecular weight excluding hydrogens is 426 g/mol. The van der Waals surface area contributed by atoms with Gasteiger partial charge in [-0.15, -0.1) is 0 Å². The van der Waals surface area contributed by atoms with Crippen LogP contribution in [0.15, 0.2) is 54.6 Å². The normalized spacial score (nSPS) is 13.8. The van der Waals surface area contributed by atoms with Crippen LogP contribution in [0.5, 0.6) is 5.75 Å². The molecule has 0 atom stereocenters. The first-order valence-electron chi connectivity index (χ1n) is 10.9. The first-order chi connectivity index (χ1) is 15.4. The monoisotopic (exact) mass is 455 g/mol. The Morgan fingerprint density at radius 3 is 2.62 bits per heavy atom. The molecule has 1 aliphatic rings. The van der Waals surface area contributed by atoms with Crippen LogP contribution in [0.25, 0.3) is 0 Å². The minimum atomic E-state index is -0.217. The number of nitrogens with one attached hydrogen (secondary N) is 3. The van der Waals surface area contributed by atoms with Crippen LogP contribution in [0, 0.1) is 0 Å². The van der Waals surface area contributed by atoms with E-state index in [1.54, 1.807) is 30.3 Å². The number of halogens is 1. The van der Waals surface area contributed by atoms with Crippen molar-refractivity contribution < 1.29 is 14.3 Å². The Kier molecular flexibility index (Phi) is 8.56. The highest BCUT2D eigenvalue weighted by atomic mass is 35.5. The van der Waals surface area contributed by atoms with E-state index in [4.69, 9.17) is 16.3 Å². The van der Waals surface area contributed by atoms with Crippen molar-refractivity contribution in [1.29, 1.82) is 0 Å². The van der Waals surface area contributed by atoms with Crippen molar-refractivity contribution in [1.82, 2.24) is 5.32 Å². The average Bonchev–Trinajstić information content (AvgIpc) is 2.78. The van der Waals surface area contributed by atoms with Gasteiger partial charge in [-0.2, -0.15) is 0 Å². The molecule has 0 heterocycles. The predicted molar refractivity (Wildman–Crippen MR) is 130 cm³/mol. The summed E-state index contributed by atoms with van der Waals surface area (Å²) < 4.78 is 5.60. The molecule has 170 valence electrons. The van der Waals surface area contributed by atoms with Crippen LogP contribution in [0.2, 0.25) is 5.02 Å². The van der Waals surface area contributed by atoms with E-state index in [0.717, 1.165) is 31.3 Å². The molecule has 0 aromatic heterocycles. The van der Waals surface area contributed by atoms with E-state index < -0.39 is 0 Å². The van der Waals surface area contributed by atoms with E-state index >= 15 is 0 Å². The van der Waals surface area contributed by atoms with Crippen LogP contribution in [0.1, 0.15) is 49.4 Å². The fourth-order valence-corrected chi connectivity index (χ4v) is 3.78. The van der Waals surface area contributed by atoms with E-state index in [1.165, 1.54) is 6.42 Å². The van der Waals surface area contributed by atoms with Crippen LogP contribution in [-0.2, 0) is 4.79 Å². The van der Waals surface area contributed by atoms with Gasteiger partial charge in [0.15, 0.2) is 0 Å². The Bertz CT molecular complexity index is 971. The lowest BCUT2D eigenvalue weighted by atomic mass is 9.95. The number of amides is 2. The highest BCUT2D eigenvalue weighted by molar-refractivity contribution is 6.34. The predicted octanol–water partition coefficient (Wildman–Crippen LogP) is 5.41. The number of carbonyl (C=O) groups is 2. The van der Waals surface area contributed by atoms with Crippen LogP contribution < -0.4 is 20.7 Å². The molecule has 2 aromatic rings. The summed E-state index contributed by atoms with van der Waals surface area (Å²) in [4.78, 5) is 25.1. The van der Waals surface area contributed by atoms with Crippen LogP contribution in [-0.4, -0.2) is 31.0 Å². The van der Waals surface area contributed by atoms with Gasteiger partial charge in [-0.3, -0.25) is 9.59 Å². The topological polar surface area (TPSA) is 79.5 Å². The maximum atomic E-state index is 12.7. The molecule has 1 fully saturated rings. The smallest absolute Gasteiger partial charge is 0.253 e. The van der Waals surface area contributed by atoms with Gasteiger partial charge in [-0.05, 0) is 55.7 Å². The van der Waals surface area contributed by atoms with Crippen molar-refractivity contribution >= 4 is 34.8 Å². The van der Waals surface area contributed by atoms with Crippen molar-refractivity contribution in [3.05, 3.63) is 65.2 Å². The van der Waals surface area contributed by atoms with Gasteiger partial charge in [-0.1, -0.05) is 43.5 Å². The highest BCUT2D eigenvalue weighted by Gasteiger charge is 2.18. The maximum absolute atomic E-state index is 12.7. The van der Waals surface area contributed by atoms with Crippen molar-refractivity contribution in [2.24, 2.45) is 0 Å². The summed E-state index contributed by atoms with van der Waals surface area (Å²) in [5.41, 5.74) is 2.61. The second-order valence-corrected chi connectivity index (χ2v) is 8.59. The van der Waals surface area contributed by atoms with Crippen LogP contribution >= 0.6 is 11.6 Å². The van der Waals surface area contributed by atoms with E-state index in [1.807, 2.05) is 19.1 Å².